The van der Waals surface area contributed by atoms with E-state index in [9.17, 15) is 4.79 Å². The summed E-state index contributed by atoms with van der Waals surface area (Å²) in [5.41, 5.74) is -0.698. The highest BCUT2D eigenvalue weighted by Gasteiger charge is 2.30. The van der Waals surface area contributed by atoms with Crippen molar-refractivity contribution in [2.75, 3.05) is 25.9 Å². The second-order valence-corrected chi connectivity index (χ2v) is 8.33. The molecule has 1 amide bonds. The number of ether oxygens (including phenoxy) is 1. The number of rotatable bonds is 6. The molecule has 0 aromatic rings. The van der Waals surface area contributed by atoms with Crippen molar-refractivity contribution in [1.29, 1.82) is 0 Å². The first-order valence-corrected chi connectivity index (χ1v) is 8.50. The van der Waals surface area contributed by atoms with E-state index in [1.807, 2.05) is 53.3 Å². The SMILES string of the molecule is CSC(C)CNCCN(C(=O)OC(C)(C)C)C(C)(C)C. The van der Waals surface area contributed by atoms with Crippen molar-refractivity contribution >= 4 is 17.9 Å². The molecule has 0 saturated heterocycles. The average Bonchev–Trinajstić information content (AvgIpc) is 2.23. The summed E-state index contributed by atoms with van der Waals surface area (Å²) in [6.45, 7) is 16.3. The Morgan fingerprint density at radius 1 is 1.25 bits per heavy atom. The van der Waals surface area contributed by atoms with Gasteiger partial charge in [-0.05, 0) is 47.8 Å². The van der Waals surface area contributed by atoms with Gasteiger partial charge in [0.2, 0.25) is 0 Å². The number of nitrogens with one attached hydrogen (secondary N) is 1. The van der Waals surface area contributed by atoms with Crippen molar-refractivity contribution in [3.63, 3.8) is 0 Å². The predicted molar refractivity (Wildman–Crippen MR) is 88.5 cm³/mol. The fourth-order valence-corrected chi connectivity index (χ4v) is 1.88. The molecule has 0 spiro atoms. The number of hydrogen-bond acceptors (Lipinski definition) is 4. The van der Waals surface area contributed by atoms with Gasteiger partial charge in [0.05, 0.1) is 0 Å². The number of nitrogens with zero attached hydrogens (tertiary/aromatic N) is 1. The molecule has 0 aliphatic heterocycles. The van der Waals surface area contributed by atoms with Crippen molar-refractivity contribution in [1.82, 2.24) is 10.2 Å². The molecule has 1 N–H and O–H groups in total. The van der Waals surface area contributed by atoms with Gasteiger partial charge in [0.15, 0.2) is 0 Å². The zero-order chi connectivity index (χ0) is 16.0. The Kier molecular flexibility index (Phi) is 7.96. The molecule has 0 aliphatic carbocycles. The average molecular weight is 305 g/mol. The summed E-state index contributed by atoms with van der Waals surface area (Å²) in [6, 6.07) is 0. The minimum absolute atomic E-state index is 0.241. The highest BCUT2D eigenvalue weighted by Crippen LogP contribution is 2.17. The Labute approximate surface area is 129 Å². The molecule has 5 heteroatoms. The van der Waals surface area contributed by atoms with Crippen LogP contribution < -0.4 is 5.32 Å². The third-order valence-electron chi connectivity index (χ3n) is 2.77. The second kappa shape index (κ2) is 8.13. The normalized spacial score (nSPS) is 14.0. The van der Waals surface area contributed by atoms with Crippen LogP contribution in [0.3, 0.4) is 0 Å². The van der Waals surface area contributed by atoms with E-state index in [1.54, 1.807) is 4.90 Å². The zero-order valence-electron chi connectivity index (χ0n) is 14.4. The van der Waals surface area contributed by atoms with Crippen LogP contribution in [0.2, 0.25) is 0 Å². The number of thioether (sulfide) groups is 1. The summed E-state index contributed by atoms with van der Waals surface area (Å²) in [4.78, 5) is 14.0. The van der Waals surface area contributed by atoms with Crippen molar-refractivity contribution in [3.05, 3.63) is 0 Å². The van der Waals surface area contributed by atoms with Gasteiger partial charge in [0.25, 0.3) is 0 Å². The zero-order valence-corrected chi connectivity index (χ0v) is 15.2. The monoisotopic (exact) mass is 304 g/mol. The minimum atomic E-state index is -0.457. The highest BCUT2D eigenvalue weighted by atomic mass is 32.2. The van der Waals surface area contributed by atoms with Crippen LogP contribution in [0.1, 0.15) is 48.5 Å². The minimum Gasteiger partial charge on any atom is -0.444 e. The van der Waals surface area contributed by atoms with E-state index in [4.69, 9.17) is 4.74 Å². The first kappa shape index (κ1) is 19.6. The third-order valence-corrected chi connectivity index (χ3v) is 3.74. The van der Waals surface area contributed by atoms with E-state index in [2.05, 4.69) is 18.5 Å². The van der Waals surface area contributed by atoms with Crippen molar-refractivity contribution in [3.8, 4) is 0 Å². The Morgan fingerprint density at radius 3 is 2.20 bits per heavy atom. The Morgan fingerprint density at radius 2 is 1.80 bits per heavy atom. The summed E-state index contributed by atoms with van der Waals surface area (Å²) in [7, 11) is 0. The van der Waals surface area contributed by atoms with E-state index >= 15 is 0 Å². The quantitative estimate of drug-likeness (QED) is 0.764. The van der Waals surface area contributed by atoms with Crippen LogP contribution in [0.15, 0.2) is 0 Å². The van der Waals surface area contributed by atoms with Crippen LogP contribution >= 0.6 is 11.8 Å². The summed E-state index contributed by atoms with van der Waals surface area (Å²) in [5, 5.41) is 3.97. The molecule has 0 aromatic carbocycles. The molecule has 0 bridgehead atoms. The van der Waals surface area contributed by atoms with Crippen molar-refractivity contribution in [2.45, 2.75) is 64.9 Å². The predicted octanol–water partition coefficient (Wildman–Crippen LogP) is 3.36. The van der Waals surface area contributed by atoms with Crippen molar-refractivity contribution < 1.29 is 9.53 Å². The molecule has 4 nitrogen and oxygen atoms in total. The number of amides is 1. The molecule has 1 atom stereocenters. The lowest BCUT2D eigenvalue weighted by atomic mass is 10.1. The lowest BCUT2D eigenvalue weighted by Gasteiger charge is -2.37. The number of carbonyl (C=O) groups is 1. The van der Waals surface area contributed by atoms with Gasteiger partial charge >= 0.3 is 6.09 Å². The molecule has 0 aliphatic rings. The molecule has 0 heterocycles. The smallest absolute Gasteiger partial charge is 0.410 e. The van der Waals surface area contributed by atoms with E-state index in [-0.39, 0.29) is 11.6 Å². The van der Waals surface area contributed by atoms with Crippen molar-refractivity contribution in [2.24, 2.45) is 0 Å². The van der Waals surface area contributed by atoms with Gasteiger partial charge in [-0.25, -0.2) is 4.79 Å². The third kappa shape index (κ3) is 8.69. The Balaban J connectivity index is 4.41. The summed E-state index contributed by atoms with van der Waals surface area (Å²) >= 11 is 1.84. The van der Waals surface area contributed by atoms with Gasteiger partial charge in [-0.15, -0.1) is 0 Å². The van der Waals surface area contributed by atoms with Gasteiger partial charge in [-0.1, -0.05) is 6.92 Å². The van der Waals surface area contributed by atoms with E-state index < -0.39 is 5.60 Å². The molecule has 20 heavy (non-hydrogen) atoms. The molecule has 0 aromatic heterocycles. The highest BCUT2D eigenvalue weighted by molar-refractivity contribution is 7.99. The Hall–Kier alpha value is -0.420. The van der Waals surface area contributed by atoms with Crippen LogP contribution in [0.5, 0.6) is 0 Å². The standard InChI is InChI=1S/C15H32N2O2S/c1-12(20-8)11-16-9-10-17(14(2,3)4)13(18)19-15(5,6)7/h12,16H,9-11H2,1-8H3. The molecule has 0 rings (SSSR count). The van der Waals surface area contributed by atoms with Gasteiger partial charge in [0.1, 0.15) is 5.60 Å². The maximum absolute atomic E-state index is 12.3. The number of carbonyl (C=O) groups excluding carboxylic acids is 1. The van der Waals surface area contributed by atoms with E-state index in [0.717, 1.165) is 13.1 Å². The van der Waals surface area contributed by atoms with Crippen LogP contribution in [-0.4, -0.2) is 53.3 Å². The molecule has 0 radical (unpaired) electrons. The van der Waals surface area contributed by atoms with Crippen LogP contribution in [0, 0.1) is 0 Å². The maximum atomic E-state index is 12.3. The second-order valence-electron chi connectivity index (χ2n) is 7.05. The largest absolute Gasteiger partial charge is 0.444 e. The molecule has 0 fully saturated rings. The first-order valence-electron chi connectivity index (χ1n) is 7.21. The summed E-state index contributed by atoms with van der Waals surface area (Å²) in [6.07, 6.45) is 1.86. The summed E-state index contributed by atoms with van der Waals surface area (Å²) in [5.74, 6) is 0. The van der Waals surface area contributed by atoms with E-state index in [0.29, 0.717) is 11.8 Å². The van der Waals surface area contributed by atoms with Crippen LogP contribution in [0.4, 0.5) is 4.79 Å². The topological polar surface area (TPSA) is 41.6 Å². The first-order chi connectivity index (χ1) is 8.97. The van der Waals surface area contributed by atoms with Gasteiger partial charge in [-0.3, -0.25) is 0 Å². The molecule has 120 valence electrons. The lowest BCUT2D eigenvalue weighted by molar-refractivity contribution is 0.00667. The van der Waals surface area contributed by atoms with Gasteiger partial charge in [-0.2, -0.15) is 11.8 Å². The van der Waals surface area contributed by atoms with E-state index in [1.165, 1.54) is 0 Å². The Bertz CT molecular complexity index is 295. The summed E-state index contributed by atoms with van der Waals surface area (Å²) < 4.78 is 5.48. The van der Waals surface area contributed by atoms with Crippen LogP contribution in [-0.2, 0) is 4.74 Å². The number of hydrogen-bond donors (Lipinski definition) is 1. The van der Waals surface area contributed by atoms with Gasteiger partial charge in [0, 0.05) is 30.4 Å². The maximum Gasteiger partial charge on any atom is 0.410 e. The molecule has 0 saturated carbocycles. The molecular weight excluding hydrogens is 272 g/mol. The fraction of sp³-hybridized carbons (Fsp3) is 0.933. The fourth-order valence-electron chi connectivity index (χ4n) is 1.60. The van der Waals surface area contributed by atoms with Gasteiger partial charge < -0.3 is 15.0 Å². The molecular formula is C15H32N2O2S. The molecule has 1 unspecified atom stereocenters. The lowest BCUT2D eigenvalue weighted by Crippen LogP contribution is -2.50. The van der Waals surface area contributed by atoms with Crippen LogP contribution in [0.25, 0.3) is 0 Å².